The molecule has 1 rings (SSSR count). The van der Waals surface area contributed by atoms with E-state index in [0.717, 1.165) is 0 Å². The lowest BCUT2D eigenvalue weighted by Gasteiger charge is -2.16. The minimum absolute atomic E-state index is 0.763. The monoisotopic (exact) mass is 194 g/mol. The van der Waals surface area contributed by atoms with Crippen LogP contribution >= 0.6 is 11.6 Å². The molecular formula is C6H2ClF3N2. The minimum atomic E-state index is -2.94. The molecule has 0 amide bonds. The highest BCUT2D eigenvalue weighted by Gasteiger charge is 2.40. The van der Waals surface area contributed by atoms with Crippen molar-refractivity contribution in [2.24, 2.45) is 4.99 Å². The van der Waals surface area contributed by atoms with E-state index >= 15 is 0 Å². The van der Waals surface area contributed by atoms with Crippen LogP contribution in [-0.2, 0) is 0 Å². The Morgan fingerprint density at radius 2 is 2.17 bits per heavy atom. The molecule has 1 atom stereocenters. The molecule has 1 aliphatic rings. The third-order valence-corrected chi connectivity index (χ3v) is 1.54. The second-order valence-corrected chi connectivity index (χ2v) is 2.75. The van der Waals surface area contributed by atoms with Crippen LogP contribution in [0.15, 0.2) is 16.5 Å². The number of allylic oxidation sites excluding steroid dienone is 2. The van der Waals surface area contributed by atoms with Gasteiger partial charge in [-0.15, -0.1) is 0 Å². The van der Waals surface area contributed by atoms with E-state index < -0.39 is 29.0 Å². The summed E-state index contributed by atoms with van der Waals surface area (Å²) in [6.07, 6.45) is -0.993. The molecule has 0 saturated carbocycles. The van der Waals surface area contributed by atoms with E-state index in [0.29, 0.717) is 0 Å². The first kappa shape index (κ1) is 9.07. The molecule has 0 aromatic heterocycles. The van der Waals surface area contributed by atoms with Crippen molar-refractivity contribution in [2.75, 3.05) is 0 Å². The lowest BCUT2D eigenvalue weighted by Crippen LogP contribution is -2.27. The van der Waals surface area contributed by atoms with Crippen LogP contribution in [-0.4, -0.2) is 11.1 Å². The summed E-state index contributed by atoms with van der Waals surface area (Å²) >= 11 is 4.88. The Hall–Kier alpha value is -1.02. The van der Waals surface area contributed by atoms with Crippen LogP contribution in [0.5, 0.6) is 0 Å². The fourth-order valence-electron chi connectivity index (χ4n) is 0.678. The van der Waals surface area contributed by atoms with Gasteiger partial charge in [0, 0.05) is 0 Å². The maximum atomic E-state index is 12.7. The Labute approximate surface area is 71.0 Å². The van der Waals surface area contributed by atoms with E-state index in [1.807, 2.05) is 0 Å². The van der Waals surface area contributed by atoms with Gasteiger partial charge >= 0.3 is 0 Å². The Bertz CT molecular complexity index is 313. The molecule has 0 aromatic rings. The number of rotatable bonds is 0. The molecule has 6 heteroatoms. The van der Waals surface area contributed by atoms with Gasteiger partial charge in [-0.05, 0) is 0 Å². The molecule has 0 radical (unpaired) electrons. The zero-order valence-electron chi connectivity index (χ0n) is 5.61. The average molecular weight is 195 g/mol. The highest BCUT2D eigenvalue weighted by Crippen LogP contribution is 2.34. The molecule has 0 aliphatic carbocycles. The summed E-state index contributed by atoms with van der Waals surface area (Å²) in [5, 5.41) is 5.22. The van der Waals surface area contributed by atoms with E-state index in [9.17, 15) is 13.2 Å². The zero-order valence-corrected chi connectivity index (χ0v) is 6.37. The van der Waals surface area contributed by atoms with Crippen LogP contribution in [0.1, 0.15) is 6.42 Å². The van der Waals surface area contributed by atoms with E-state index in [1.54, 1.807) is 0 Å². The lowest BCUT2D eigenvalue weighted by atomic mass is 10.2. The minimum Gasteiger partial charge on any atom is -0.216 e. The fourth-order valence-corrected chi connectivity index (χ4v) is 0.837. The summed E-state index contributed by atoms with van der Waals surface area (Å²) in [5.41, 5.74) is -0.763. The van der Waals surface area contributed by atoms with E-state index in [-0.39, 0.29) is 0 Å². The van der Waals surface area contributed by atoms with Gasteiger partial charge in [-0.2, -0.15) is 9.65 Å². The summed E-state index contributed by atoms with van der Waals surface area (Å²) in [6.45, 7) is 0. The van der Waals surface area contributed by atoms with Gasteiger partial charge in [0.25, 0.3) is 5.13 Å². The number of halogens is 4. The Morgan fingerprint density at radius 1 is 1.58 bits per heavy atom. The molecule has 12 heavy (non-hydrogen) atoms. The van der Waals surface area contributed by atoms with Crippen LogP contribution in [0.3, 0.4) is 0 Å². The Morgan fingerprint density at radius 3 is 2.67 bits per heavy atom. The first-order chi connectivity index (χ1) is 5.47. The van der Waals surface area contributed by atoms with Gasteiger partial charge in [-0.1, -0.05) is 11.6 Å². The van der Waals surface area contributed by atoms with Crippen molar-refractivity contribution in [1.82, 2.24) is 0 Å². The fraction of sp³-hybridized carbons (Fsp3) is 0.333. The SMILES string of the molecule is N#CC1=C(F)CC(F)(Cl)C(F)=N1. The summed E-state index contributed by atoms with van der Waals surface area (Å²) < 4.78 is 37.7. The maximum Gasteiger partial charge on any atom is 0.258 e. The number of alkyl halides is 2. The summed E-state index contributed by atoms with van der Waals surface area (Å²) in [7, 11) is 0. The van der Waals surface area contributed by atoms with Crippen LogP contribution in [0, 0.1) is 11.3 Å². The average Bonchev–Trinajstić information content (AvgIpc) is 1.96. The van der Waals surface area contributed by atoms with Crippen molar-refractivity contribution in [3.63, 3.8) is 0 Å². The molecular weight excluding hydrogens is 193 g/mol. The van der Waals surface area contributed by atoms with Crippen molar-refractivity contribution in [3.05, 3.63) is 11.5 Å². The molecule has 0 fully saturated rings. The van der Waals surface area contributed by atoms with Crippen LogP contribution in [0.4, 0.5) is 13.2 Å². The smallest absolute Gasteiger partial charge is 0.216 e. The molecule has 0 N–H and O–H groups in total. The van der Waals surface area contributed by atoms with Crippen molar-refractivity contribution in [2.45, 2.75) is 11.5 Å². The standard InChI is InChI=1S/C6H2ClF3N2/c7-6(10)1-3(8)4(2-11)12-5(6)9/h1H2. The molecule has 2 nitrogen and oxygen atoms in total. The summed E-state index contributed by atoms with van der Waals surface area (Å²) in [5.74, 6) is -2.72. The quantitative estimate of drug-likeness (QED) is 0.546. The highest BCUT2D eigenvalue weighted by molar-refractivity contribution is 6.33. The number of nitrogens with zero attached hydrogens (tertiary/aromatic N) is 2. The van der Waals surface area contributed by atoms with Gasteiger partial charge in [0.1, 0.15) is 11.9 Å². The number of nitriles is 1. The van der Waals surface area contributed by atoms with Crippen LogP contribution < -0.4 is 0 Å². The Balaban J connectivity index is 3.10. The zero-order chi connectivity index (χ0) is 9.35. The van der Waals surface area contributed by atoms with Gasteiger partial charge in [-0.25, -0.2) is 13.8 Å². The summed E-state index contributed by atoms with van der Waals surface area (Å²) in [4.78, 5) is 2.72. The third kappa shape index (κ3) is 1.43. The van der Waals surface area contributed by atoms with Crippen LogP contribution in [0.25, 0.3) is 0 Å². The van der Waals surface area contributed by atoms with Crippen molar-refractivity contribution in [1.29, 1.82) is 5.26 Å². The number of aliphatic imine (C=N–C) groups is 1. The first-order valence-corrected chi connectivity index (χ1v) is 3.26. The molecule has 1 unspecified atom stereocenters. The van der Waals surface area contributed by atoms with Gasteiger partial charge in [0.15, 0.2) is 5.70 Å². The third-order valence-electron chi connectivity index (χ3n) is 1.25. The topological polar surface area (TPSA) is 36.1 Å². The maximum absolute atomic E-state index is 12.7. The predicted octanol–water partition coefficient (Wildman–Crippen LogP) is 2.37. The molecule has 1 aliphatic heterocycles. The normalized spacial score (nSPS) is 29.8. The number of hydrogen-bond donors (Lipinski definition) is 0. The first-order valence-electron chi connectivity index (χ1n) is 2.88. The van der Waals surface area contributed by atoms with Crippen molar-refractivity contribution >= 4 is 17.6 Å². The highest BCUT2D eigenvalue weighted by atomic mass is 35.5. The molecule has 64 valence electrons. The second kappa shape index (κ2) is 2.79. The van der Waals surface area contributed by atoms with E-state index in [2.05, 4.69) is 4.99 Å². The lowest BCUT2D eigenvalue weighted by molar-refractivity contribution is 0.319. The Kier molecular flexibility index (Phi) is 2.11. The van der Waals surface area contributed by atoms with Crippen molar-refractivity contribution < 1.29 is 13.2 Å². The molecule has 0 spiro atoms. The molecule has 0 aromatic carbocycles. The largest absolute Gasteiger partial charge is 0.258 e. The van der Waals surface area contributed by atoms with Crippen molar-refractivity contribution in [3.8, 4) is 6.07 Å². The predicted molar refractivity (Wildman–Crippen MR) is 36.6 cm³/mol. The van der Waals surface area contributed by atoms with Gasteiger partial charge < -0.3 is 0 Å². The van der Waals surface area contributed by atoms with Gasteiger partial charge in [0.2, 0.25) is 5.97 Å². The van der Waals surface area contributed by atoms with Gasteiger partial charge in [0.05, 0.1) is 6.42 Å². The molecule has 0 bridgehead atoms. The summed E-state index contributed by atoms with van der Waals surface area (Å²) in [6, 6.07) is 1.27. The molecule has 0 saturated heterocycles. The second-order valence-electron chi connectivity index (χ2n) is 2.15. The molecule has 1 heterocycles. The van der Waals surface area contributed by atoms with Crippen LogP contribution in [0.2, 0.25) is 0 Å². The van der Waals surface area contributed by atoms with E-state index in [1.165, 1.54) is 6.07 Å². The number of hydrogen-bond acceptors (Lipinski definition) is 2. The van der Waals surface area contributed by atoms with Gasteiger partial charge in [-0.3, -0.25) is 0 Å². The van der Waals surface area contributed by atoms with E-state index in [4.69, 9.17) is 16.9 Å².